The number of hydrogen-bond donors (Lipinski definition) is 2. The molecule has 0 atom stereocenters. The van der Waals surface area contributed by atoms with Gasteiger partial charge in [0.15, 0.2) is 11.5 Å². The molecule has 2 aromatic carbocycles. The van der Waals surface area contributed by atoms with Crippen molar-refractivity contribution in [2.45, 2.75) is 13.8 Å². The molecule has 0 radical (unpaired) electrons. The van der Waals surface area contributed by atoms with Crippen LogP contribution >= 0.6 is 11.6 Å². The second kappa shape index (κ2) is 8.51. The number of carbonyl (C=O) groups is 1. The maximum absolute atomic E-state index is 12.4. The van der Waals surface area contributed by atoms with E-state index in [4.69, 9.17) is 16.3 Å². The Balaban J connectivity index is 1.65. The van der Waals surface area contributed by atoms with E-state index in [1.165, 1.54) is 0 Å². The van der Waals surface area contributed by atoms with Crippen LogP contribution in [-0.2, 0) is 0 Å². The number of nitrogens with zero attached hydrogens (tertiary/aromatic N) is 2. The predicted octanol–water partition coefficient (Wildman–Crippen LogP) is 4.83. The summed E-state index contributed by atoms with van der Waals surface area (Å²) in [6, 6.07) is 16.2. The smallest absolute Gasteiger partial charge is 0.276 e. The summed E-state index contributed by atoms with van der Waals surface area (Å²) < 4.78 is 5.41. The van der Waals surface area contributed by atoms with Crippen LogP contribution in [0.2, 0.25) is 5.02 Å². The van der Waals surface area contributed by atoms with Crippen molar-refractivity contribution in [2.24, 2.45) is 0 Å². The van der Waals surface area contributed by atoms with Crippen LogP contribution in [0.3, 0.4) is 0 Å². The average molecular weight is 383 g/mol. The summed E-state index contributed by atoms with van der Waals surface area (Å²) in [5, 5.41) is 14.6. The number of aromatic nitrogens is 2. The third-order valence-corrected chi connectivity index (χ3v) is 4.26. The van der Waals surface area contributed by atoms with Gasteiger partial charge in [-0.15, -0.1) is 10.2 Å². The summed E-state index contributed by atoms with van der Waals surface area (Å²) in [6.07, 6.45) is 0. The number of halogens is 1. The average Bonchev–Trinajstić information content (AvgIpc) is 2.68. The molecule has 0 aliphatic rings. The van der Waals surface area contributed by atoms with Crippen LogP contribution in [0.5, 0.6) is 5.75 Å². The Bertz CT molecular complexity index is 928. The molecule has 138 valence electrons. The van der Waals surface area contributed by atoms with Crippen LogP contribution in [0.15, 0.2) is 54.6 Å². The number of carbonyl (C=O) groups excluding carboxylic acids is 1. The molecule has 0 fully saturated rings. The molecule has 2 N–H and O–H groups in total. The first-order valence-corrected chi connectivity index (χ1v) is 8.84. The van der Waals surface area contributed by atoms with E-state index in [1.54, 1.807) is 30.3 Å². The molecule has 1 amide bonds. The lowest BCUT2D eigenvalue weighted by Crippen LogP contribution is -2.15. The zero-order valence-electron chi connectivity index (χ0n) is 15.0. The van der Waals surface area contributed by atoms with Gasteiger partial charge in [0, 0.05) is 16.4 Å². The first kappa shape index (κ1) is 18.7. The number of hydrogen-bond acceptors (Lipinski definition) is 5. The largest absolute Gasteiger partial charge is 0.494 e. The molecule has 7 heteroatoms. The minimum Gasteiger partial charge on any atom is -0.494 e. The molecule has 0 saturated heterocycles. The van der Waals surface area contributed by atoms with Crippen LogP contribution in [-0.4, -0.2) is 22.7 Å². The monoisotopic (exact) mass is 382 g/mol. The highest BCUT2D eigenvalue weighted by Gasteiger charge is 2.11. The first-order valence-electron chi connectivity index (χ1n) is 8.47. The Hall–Kier alpha value is -3.12. The van der Waals surface area contributed by atoms with Gasteiger partial charge in [-0.2, -0.15) is 0 Å². The van der Waals surface area contributed by atoms with Gasteiger partial charge in [0.25, 0.3) is 5.91 Å². The number of benzene rings is 2. The van der Waals surface area contributed by atoms with Crippen LogP contribution in [0, 0.1) is 6.92 Å². The SMILES string of the molecule is CCOc1ccc(Nc2ccc(C(=O)Nc3cccc(Cl)c3C)nn2)cc1. The normalized spacial score (nSPS) is 10.3. The first-order chi connectivity index (χ1) is 13.1. The van der Waals surface area contributed by atoms with Crippen LogP contribution < -0.4 is 15.4 Å². The fraction of sp³-hybridized carbons (Fsp3) is 0.150. The zero-order chi connectivity index (χ0) is 19.2. The van der Waals surface area contributed by atoms with E-state index < -0.39 is 0 Å². The minimum atomic E-state index is -0.347. The lowest BCUT2D eigenvalue weighted by Gasteiger charge is -2.09. The van der Waals surface area contributed by atoms with Crippen molar-refractivity contribution in [1.29, 1.82) is 0 Å². The van der Waals surface area contributed by atoms with E-state index in [0.717, 1.165) is 17.0 Å². The summed E-state index contributed by atoms with van der Waals surface area (Å²) in [5.74, 6) is 0.993. The van der Waals surface area contributed by atoms with Crippen molar-refractivity contribution in [2.75, 3.05) is 17.2 Å². The predicted molar refractivity (Wildman–Crippen MR) is 107 cm³/mol. The highest BCUT2D eigenvalue weighted by Crippen LogP contribution is 2.23. The van der Waals surface area contributed by atoms with E-state index in [2.05, 4.69) is 20.8 Å². The van der Waals surface area contributed by atoms with E-state index in [9.17, 15) is 4.79 Å². The topological polar surface area (TPSA) is 76.1 Å². The van der Waals surface area contributed by atoms with Crippen molar-refractivity contribution in [1.82, 2.24) is 10.2 Å². The Morgan fingerprint density at radius 3 is 2.52 bits per heavy atom. The van der Waals surface area contributed by atoms with Crippen molar-refractivity contribution >= 4 is 34.7 Å². The standard InChI is InChI=1S/C20H19ClN4O2/c1-3-27-15-9-7-14(8-10-15)22-19-12-11-18(24-25-19)20(26)23-17-6-4-5-16(21)13(17)2/h4-12H,3H2,1-2H3,(H,22,25)(H,23,26). The fourth-order valence-electron chi connectivity index (χ4n) is 2.40. The van der Waals surface area contributed by atoms with Gasteiger partial charge in [0.2, 0.25) is 0 Å². The number of anilines is 3. The van der Waals surface area contributed by atoms with Gasteiger partial charge in [-0.25, -0.2) is 0 Å². The molecule has 0 unspecified atom stereocenters. The van der Waals surface area contributed by atoms with E-state index in [0.29, 0.717) is 23.1 Å². The third-order valence-electron chi connectivity index (χ3n) is 3.85. The van der Waals surface area contributed by atoms with Gasteiger partial charge in [-0.1, -0.05) is 17.7 Å². The molecule has 3 rings (SSSR count). The second-order valence-corrected chi connectivity index (χ2v) is 6.16. The Morgan fingerprint density at radius 2 is 1.85 bits per heavy atom. The van der Waals surface area contributed by atoms with Crippen LogP contribution in [0.25, 0.3) is 0 Å². The van der Waals surface area contributed by atoms with E-state index >= 15 is 0 Å². The maximum atomic E-state index is 12.4. The summed E-state index contributed by atoms with van der Waals surface area (Å²) >= 11 is 6.07. The summed E-state index contributed by atoms with van der Waals surface area (Å²) in [4.78, 5) is 12.4. The molecular weight excluding hydrogens is 364 g/mol. The van der Waals surface area contributed by atoms with Crippen molar-refractivity contribution in [3.63, 3.8) is 0 Å². The quantitative estimate of drug-likeness (QED) is 0.638. The van der Waals surface area contributed by atoms with Crippen molar-refractivity contribution < 1.29 is 9.53 Å². The highest BCUT2D eigenvalue weighted by molar-refractivity contribution is 6.31. The minimum absolute atomic E-state index is 0.214. The number of rotatable bonds is 6. The molecular formula is C20H19ClN4O2. The fourth-order valence-corrected chi connectivity index (χ4v) is 2.57. The van der Waals surface area contributed by atoms with Crippen LogP contribution in [0.1, 0.15) is 23.0 Å². The molecule has 0 aliphatic carbocycles. The lowest BCUT2D eigenvalue weighted by atomic mass is 10.2. The maximum Gasteiger partial charge on any atom is 0.276 e. The molecule has 0 bridgehead atoms. The van der Waals surface area contributed by atoms with Gasteiger partial charge in [0.05, 0.1) is 6.61 Å². The van der Waals surface area contributed by atoms with E-state index in [1.807, 2.05) is 38.1 Å². The Labute approximate surface area is 162 Å². The second-order valence-electron chi connectivity index (χ2n) is 5.75. The van der Waals surface area contributed by atoms with Crippen LogP contribution in [0.4, 0.5) is 17.2 Å². The molecule has 27 heavy (non-hydrogen) atoms. The summed E-state index contributed by atoms with van der Waals surface area (Å²) in [6.45, 7) is 4.40. The van der Waals surface area contributed by atoms with Gasteiger partial charge >= 0.3 is 0 Å². The number of amides is 1. The highest BCUT2D eigenvalue weighted by atomic mass is 35.5. The summed E-state index contributed by atoms with van der Waals surface area (Å²) in [7, 11) is 0. The van der Waals surface area contributed by atoms with Crippen molar-refractivity contribution in [3.8, 4) is 5.75 Å². The van der Waals surface area contributed by atoms with Gasteiger partial charge in [-0.3, -0.25) is 4.79 Å². The van der Waals surface area contributed by atoms with Gasteiger partial charge < -0.3 is 15.4 Å². The van der Waals surface area contributed by atoms with Gasteiger partial charge in [0.1, 0.15) is 5.75 Å². The number of ether oxygens (including phenoxy) is 1. The molecule has 0 aliphatic heterocycles. The molecule has 3 aromatic rings. The Morgan fingerprint density at radius 1 is 1.07 bits per heavy atom. The van der Waals surface area contributed by atoms with Crippen molar-refractivity contribution in [3.05, 3.63) is 70.9 Å². The number of nitrogens with one attached hydrogen (secondary N) is 2. The molecule has 1 heterocycles. The molecule has 1 aromatic heterocycles. The zero-order valence-corrected chi connectivity index (χ0v) is 15.7. The Kier molecular flexibility index (Phi) is 5.88. The van der Waals surface area contributed by atoms with Gasteiger partial charge in [-0.05, 0) is 67.9 Å². The molecule has 0 spiro atoms. The van der Waals surface area contributed by atoms with E-state index in [-0.39, 0.29) is 11.6 Å². The molecule has 6 nitrogen and oxygen atoms in total. The lowest BCUT2D eigenvalue weighted by molar-refractivity contribution is 0.102. The third kappa shape index (κ3) is 4.74. The molecule has 0 saturated carbocycles. The summed E-state index contributed by atoms with van der Waals surface area (Å²) in [5.41, 5.74) is 2.51.